The van der Waals surface area contributed by atoms with Gasteiger partial charge in [-0.3, -0.25) is 0 Å². The number of alkyl halides is 2. The molecule has 0 aliphatic carbocycles. The second kappa shape index (κ2) is 24.6. The van der Waals surface area contributed by atoms with Gasteiger partial charge in [0.15, 0.2) is 0 Å². The van der Waals surface area contributed by atoms with Crippen molar-refractivity contribution in [3.05, 3.63) is 132 Å². The first-order valence-corrected chi connectivity index (χ1v) is 15.0. The van der Waals surface area contributed by atoms with Gasteiger partial charge in [-0.1, -0.05) is 84.3 Å². The third kappa shape index (κ3) is 12.9. The molecule has 17 heteroatoms. The molecule has 0 aliphatic heterocycles. The third-order valence-electron chi connectivity index (χ3n) is 6.55. The molecule has 52 heavy (non-hydrogen) atoms. The topological polar surface area (TPSA) is 253 Å². The number of hydrogen-bond donors (Lipinski definition) is 0. The molecule has 2 aromatic heterocycles. The summed E-state index contributed by atoms with van der Waals surface area (Å²) < 4.78 is 9.91. The van der Waals surface area contributed by atoms with E-state index in [-0.39, 0.29) is 81.9 Å². The molecule has 0 N–H and O–H groups in total. The third-order valence-corrected chi connectivity index (χ3v) is 6.55. The van der Waals surface area contributed by atoms with Gasteiger partial charge in [-0.15, -0.1) is 23.2 Å². The van der Waals surface area contributed by atoms with Crippen LogP contribution in [0.3, 0.4) is 0 Å². The number of fused-ring (bicyclic) bond motifs is 2. The maximum atomic E-state index is 12.1. The van der Waals surface area contributed by atoms with E-state index in [1.165, 1.54) is 36.8 Å². The Bertz CT molecular complexity index is 1930. The van der Waals surface area contributed by atoms with E-state index in [1.807, 2.05) is 48.5 Å². The number of hydrogen-bond acceptors (Lipinski definition) is 10. The van der Waals surface area contributed by atoms with E-state index >= 15 is 0 Å². The van der Waals surface area contributed by atoms with Gasteiger partial charge in [0.2, 0.25) is 0 Å². The number of furan rings is 2. The quantitative estimate of drug-likeness (QED) is 0.0951. The standard InChI is InChI=1S/2C17H14N2O3.CH2Cl2.3O.2V/c2*1-11(18-19-17(21)15-7-4-10-22-15)16-13-6-3-2-5-12(13)8-9-14(16)20;2-1-3;;;;;/h2*2-10,20H,1H3,(H,19,21);1H2;;;;;/q;;;3*-2;;/p-4/b2*18-11+;;;;;;. The minimum atomic E-state index is -0.586. The minimum absolute atomic E-state index is 0. The van der Waals surface area contributed by atoms with Crippen molar-refractivity contribution in [3.8, 4) is 11.5 Å². The van der Waals surface area contributed by atoms with Crippen LogP contribution in [0.5, 0.6) is 11.5 Å². The van der Waals surface area contributed by atoms with Crippen LogP contribution in [0.1, 0.15) is 36.5 Å². The van der Waals surface area contributed by atoms with E-state index in [9.17, 15) is 20.4 Å². The number of nitrogens with zero attached hydrogens (tertiary/aromatic N) is 4. The smallest absolute Gasteiger partial charge is 0.139 e. The Kier molecular flexibility index (Phi) is 23.5. The molecule has 0 amide bonds. The van der Waals surface area contributed by atoms with Crippen molar-refractivity contribution < 1.29 is 82.8 Å². The Morgan fingerprint density at radius 2 is 0.885 bits per heavy atom. The van der Waals surface area contributed by atoms with Gasteiger partial charge in [-0.25, -0.2) is 0 Å². The van der Waals surface area contributed by atoms with Gasteiger partial charge in [0.05, 0.1) is 41.1 Å². The van der Waals surface area contributed by atoms with Crippen molar-refractivity contribution >= 4 is 68.0 Å². The molecule has 0 saturated heterocycles. The van der Waals surface area contributed by atoms with Gasteiger partial charge in [0, 0.05) is 37.1 Å². The van der Waals surface area contributed by atoms with E-state index in [0.29, 0.717) is 22.6 Å². The molecule has 0 bridgehead atoms. The molecule has 0 aliphatic rings. The summed E-state index contributed by atoms with van der Waals surface area (Å²) in [5.41, 5.74) is 1.69. The Balaban J connectivity index is 0. The zero-order valence-electron chi connectivity index (χ0n) is 27.2. The summed E-state index contributed by atoms with van der Waals surface area (Å²) in [5, 5.41) is 66.4. The van der Waals surface area contributed by atoms with Crippen LogP contribution in [0.25, 0.3) is 21.5 Å². The van der Waals surface area contributed by atoms with Gasteiger partial charge in [0.25, 0.3) is 0 Å². The molecular weight excluding hydrogens is 793 g/mol. The van der Waals surface area contributed by atoms with Crippen LogP contribution < -0.4 is 20.4 Å². The predicted molar refractivity (Wildman–Crippen MR) is 180 cm³/mol. The van der Waals surface area contributed by atoms with Crippen LogP contribution in [-0.4, -0.2) is 28.6 Å². The zero-order chi connectivity index (χ0) is 33.8. The SMILES string of the molecule is C/C(=N\N=C(/[O-])c1ccco1)c1c([O-])ccc2ccccc12.C/C(=N\N=C(/[O-])c1ccco1)c1c([O-])ccc2ccccc12.ClCCl.[O-2].[O-2].[O-2].[V].[V]. The molecule has 2 radical (unpaired) electrons. The van der Waals surface area contributed by atoms with Crippen LogP contribution in [0, 0.1) is 0 Å². The Labute approximate surface area is 332 Å². The molecule has 13 nitrogen and oxygen atoms in total. The molecule has 2 heterocycles. The first kappa shape index (κ1) is 49.6. The largest absolute Gasteiger partial charge is 2.00 e. The van der Waals surface area contributed by atoms with Crippen LogP contribution in [0.2, 0.25) is 0 Å². The average molecular weight is 819 g/mol. The number of benzene rings is 4. The summed E-state index contributed by atoms with van der Waals surface area (Å²) in [4.78, 5) is 0. The average Bonchev–Trinajstić information content (AvgIpc) is 3.82. The van der Waals surface area contributed by atoms with E-state index in [2.05, 4.69) is 20.4 Å². The molecule has 0 unspecified atom stereocenters. The molecule has 0 fully saturated rings. The normalized spacial score (nSPS) is 11.2. The van der Waals surface area contributed by atoms with Crippen LogP contribution in [-0.2, 0) is 53.5 Å². The van der Waals surface area contributed by atoms with Crippen molar-refractivity contribution in [2.45, 2.75) is 13.8 Å². The van der Waals surface area contributed by atoms with E-state index in [1.54, 1.807) is 38.1 Å². The molecule has 0 atom stereocenters. The summed E-state index contributed by atoms with van der Waals surface area (Å²) in [6, 6.07) is 27.7. The molecule has 0 saturated carbocycles. The van der Waals surface area contributed by atoms with Crippen molar-refractivity contribution in [1.82, 2.24) is 0 Å². The summed E-state index contributed by atoms with van der Waals surface area (Å²) in [7, 11) is 0. The fraction of sp³-hybridized carbons (Fsp3) is 0.0857. The Hall–Kier alpha value is -4.53. The van der Waals surface area contributed by atoms with Crippen molar-refractivity contribution in [1.29, 1.82) is 0 Å². The van der Waals surface area contributed by atoms with Crippen LogP contribution in [0.15, 0.2) is 139 Å². The molecule has 6 rings (SSSR count). The van der Waals surface area contributed by atoms with E-state index in [0.717, 1.165) is 21.5 Å². The molecule has 0 spiro atoms. The van der Waals surface area contributed by atoms with Crippen LogP contribution >= 0.6 is 23.2 Å². The van der Waals surface area contributed by atoms with Crippen molar-refractivity contribution in [2.24, 2.45) is 20.4 Å². The van der Waals surface area contributed by atoms with Crippen LogP contribution in [0.4, 0.5) is 0 Å². The molecule has 4 aromatic carbocycles. The van der Waals surface area contributed by atoms with Crippen molar-refractivity contribution in [2.75, 3.05) is 5.34 Å². The second-order valence-electron chi connectivity index (χ2n) is 9.56. The van der Waals surface area contributed by atoms with Gasteiger partial charge in [-0.2, -0.15) is 20.4 Å². The van der Waals surface area contributed by atoms with Gasteiger partial charge >= 0.3 is 0 Å². The Morgan fingerprint density at radius 1 is 0.538 bits per heavy atom. The number of rotatable bonds is 6. The maximum absolute atomic E-state index is 12.1. The van der Waals surface area contributed by atoms with E-state index in [4.69, 9.17) is 32.0 Å². The molecule has 6 aromatic rings. The Morgan fingerprint density at radius 3 is 1.21 bits per heavy atom. The first-order valence-electron chi connectivity index (χ1n) is 13.9. The monoisotopic (exact) mass is 818 g/mol. The minimum Gasteiger partial charge on any atom is -2.00 e. The van der Waals surface area contributed by atoms with Gasteiger partial charge in [-0.05, 0) is 70.8 Å². The van der Waals surface area contributed by atoms with Gasteiger partial charge in [0.1, 0.15) is 11.5 Å². The second-order valence-corrected chi connectivity index (χ2v) is 10.4. The zero-order valence-corrected chi connectivity index (χ0v) is 31.5. The van der Waals surface area contributed by atoms with Gasteiger partial charge < -0.3 is 45.7 Å². The summed E-state index contributed by atoms with van der Waals surface area (Å²) in [5.74, 6) is -1.26. The molecule has 274 valence electrons. The van der Waals surface area contributed by atoms with E-state index < -0.39 is 11.8 Å². The number of halogens is 2. The van der Waals surface area contributed by atoms with Crippen molar-refractivity contribution in [3.63, 3.8) is 0 Å². The summed E-state index contributed by atoms with van der Waals surface area (Å²) in [6.07, 6.45) is 2.78. The first-order chi connectivity index (χ1) is 22.7. The summed E-state index contributed by atoms with van der Waals surface area (Å²) >= 11 is 9.53. The maximum Gasteiger partial charge on any atom is 0.139 e. The fourth-order valence-electron chi connectivity index (χ4n) is 4.49. The molecular formula is C35H26Cl2N4O9V2-10. The fourth-order valence-corrected chi connectivity index (χ4v) is 4.49. The summed E-state index contributed by atoms with van der Waals surface area (Å²) in [6.45, 7) is 3.31. The predicted octanol–water partition coefficient (Wildman–Crippen LogP) is 5.14.